The molecule has 1 aliphatic carbocycles. The van der Waals surface area contributed by atoms with E-state index < -0.39 is 0 Å². The number of rotatable bonds is 3. The van der Waals surface area contributed by atoms with Gasteiger partial charge in [-0.25, -0.2) is 9.97 Å². The molecule has 0 radical (unpaired) electrons. The van der Waals surface area contributed by atoms with E-state index in [2.05, 4.69) is 9.97 Å². The molecule has 1 aromatic rings. The van der Waals surface area contributed by atoms with Crippen LogP contribution in [0.1, 0.15) is 50.9 Å². The largest absolute Gasteiger partial charge is 0.371 e. The highest BCUT2D eigenvalue weighted by Crippen LogP contribution is 2.37. The van der Waals surface area contributed by atoms with Gasteiger partial charge in [-0.3, -0.25) is 0 Å². The summed E-state index contributed by atoms with van der Waals surface area (Å²) in [5, 5.41) is 0. The molecular formula is C12H18N2O. The maximum Gasteiger partial charge on any atom is 0.131 e. The number of nitrogens with zero attached hydrogens (tertiary/aromatic N) is 2. The quantitative estimate of drug-likeness (QED) is 0.762. The van der Waals surface area contributed by atoms with Crippen molar-refractivity contribution in [2.75, 3.05) is 0 Å². The van der Waals surface area contributed by atoms with Crippen LogP contribution in [0, 0.1) is 0 Å². The molecule has 1 saturated carbocycles. The van der Waals surface area contributed by atoms with Gasteiger partial charge in [0, 0.05) is 23.9 Å². The number of aromatic nitrogens is 2. The summed E-state index contributed by atoms with van der Waals surface area (Å²) < 4.78 is 5.65. The lowest BCUT2D eigenvalue weighted by Gasteiger charge is -2.19. The third-order valence-corrected chi connectivity index (χ3v) is 2.34. The Morgan fingerprint density at radius 1 is 1.27 bits per heavy atom. The van der Waals surface area contributed by atoms with Crippen molar-refractivity contribution in [2.45, 2.75) is 51.7 Å². The molecule has 1 heterocycles. The van der Waals surface area contributed by atoms with Crippen LogP contribution in [0.2, 0.25) is 0 Å². The molecule has 1 fully saturated rings. The zero-order valence-corrected chi connectivity index (χ0v) is 9.66. The van der Waals surface area contributed by atoms with Gasteiger partial charge in [0.25, 0.3) is 0 Å². The Morgan fingerprint density at radius 2 is 1.87 bits per heavy atom. The summed E-state index contributed by atoms with van der Waals surface area (Å²) in [6.45, 7) is 6.74. The van der Waals surface area contributed by atoms with Gasteiger partial charge in [0.05, 0.1) is 12.2 Å². The highest BCUT2D eigenvalue weighted by molar-refractivity contribution is 5.10. The topological polar surface area (TPSA) is 35.0 Å². The van der Waals surface area contributed by atoms with Crippen molar-refractivity contribution in [1.29, 1.82) is 0 Å². The van der Waals surface area contributed by atoms with Gasteiger partial charge in [0.2, 0.25) is 0 Å². The first-order valence-electron chi connectivity index (χ1n) is 5.49. The molecule has 0 unspecified atom stereocenters. The predicted molar refractivity (Wildman–Crippen MR) is 58.5 cm³/mol. The van der Waals surface area contributed by atoms with Gasteiger partial charge in [-0.05, 0) is 33.6 Å². The average molecular weight is 206 g/mol. The van der Waals surface area contributed by atoms with Crippen LogP contribution in [-0.2, 0) is 11.3 Å². The molecule has 0 N–H and O–H groups in total. The standard InChI is InChI=1S/C12H18N2O/c1-12(2,3)15-8-9-6-13-11(14-7-9)10-4-5-10/h6-7,10H,4-5,8H2,1-3H3. The number of ether oxygens (including phenoxy) is 1. The fourth-order valence-corrected chi connectivity index (χ4v) is 1.29. The summed E-state index contributed by atoms with van der Waals surface area (Å²) in [4.78, 5) is 8.70. The summed E-state index contributed by atoms with van der Waals surface area (Å²) in [7, 11) is 0. The minimum absolute atomic E-state index is 0.102. The summed E-state index contributed by atoms with van der Waals surface area (Å²) in [6.07, 6.45) is 6.26. The number of hydrogen-bond acceptors (Lipinski definition) is 3. The normalized spacial score (nSPS) is 16.7. The van der Waals surface area contributed by atoms with E-state index in [9.17, 15) is 0 Å². The molecule has 0 spiro atoms. The molecular weight excluding hydrogens is 188 g/mol. The Balaban J connectivity index is 1.92. The Kier molecular flexibility index (Phi) is 2.74. The SMILES string of the molecule is CC(C)(C)OCc1cnc(C2CC2)nc1. The third-order valence-electron chi connectivity index (χ3n) is 2.34. The van der Waals surface area contributed by atoms with Crippen LogP contribution in [0.4, 0.5) is 0 Å². The van der Waals surface area contributed by atoms with Crippen molar-refractivity contribution >= 4 is 0 Å². The van der Waals surface area contributed by atoms with Crippen LogP contribution in [0.15, 0.2) is 12.4 Å². The van der Waals surface area contributed by atoms with E-state index in [1.54, 1.807) is 0 Å². The lowest BCUT2D eigenvalue weighted by atomic mass is 10.2. The van der Waals surface area contributed by atoms with Crippen molar-refractivity contribution in [3.05, 3.63) is 23.8 Å². The molecule has 82 valence electrons. The second-order valence-electron chi connectivity index (χ2n) is 5.12. The van der Waals surface area contributed by atoms with Gasteiger partial charge in [0.1, 0.15) is 5.82 Å². The van der Waals surface area contributed by atoms with E-state index in [0.29, 0.717) is 12.5 Å². The van der Waals surface area contributed by atoms with Gasteiger partial charge in [0.15, 0.2) is 0 Å². The second-order valence-corrected chi connectivity index (χ2v) is 5.12. The monoisotopic (exact) mass is 206 g/mol. The smallest absolute Gasteiger partial charge is 0.131 e. The maximum absolute atomic E-state index is 5.65. The van der Waals surface area contributed by atoms with E-state index in [-0.39, 0.29) is 5.60 Å². The molecule has 3 heteroatoms. The average Bonchev–Trinajstić information content (AvgIpc) is 2.98. The second kappa shape index (κ2) is 3.89. The highest BCUT2D eigenvalue weighted by atomic mass is 16.5. The van der Waals surface area contributed by atoms with Gasteiger partial charge in [-0.2, -0.15) is 0 Å². The zero-order chi connectivity index (χ0) is 10.9. The van der Waals surface area contributed by atoms with Gasteiger partial charge in [-0.15, -0.1) is 0 Å². The molecule has 3 nitrogen and oxygen atoms in total. The Hall–Kier alpha value is -0.960. The van der Waals surface area contributed by atoms with Crippen molar-refractivity contribution in [3.63, 3.8) is 0 Å². The van der Waals surface area contributed by atoms with E-state index in [1.807, 2.05) is 33.2 Å². The maximum atomic E-state index is 5.65. The minimum Gasteiger partial charge on any atom is -0.371 e. The molecule has 2 rings (SSSR count). The summed E-state index contributed by atoms with van der Waals surface area (Å²) in [5.41, 5.74) is 0.948. The van der Waals surface area contributed by atoms with Crippen molar-refractivity contribution < 1.29 is 4.74 Å². The van der Waals surface area contributed by atoms with Crippen LogP contribution in [0.3, 0.4) is 0 Å². The minimum atomic E-state index is -0.102. The Labute approximate surface area is 90.9 Å². The first-order valence-corrected chi connectivity index (χ1v) is 5.49. The fourth-order valence-electron chi connectivity index (χ4n) is 1.29. The molecule has 0 atom stereocenters. The van der Waals surface area contributed by atoms with Crippen LogP contribution in [0.25, 0.3) is 0 Å². The van der Waals surface area contributed by atoms with Crippen LogP contribution >= 0.6 is 0 Å². The van der Waals surface area contributed by atoms with E-state index in [1.165, 1.54) is 12.8 Å². The van der Waals surface area contributed by atoms with E-state index in [4.69, 9.17) is 4.74 Å². The summed E-state index contributed by atoms with van der Waals surface area (Å²) >= 11 is 0. The molecule has 0 saturated heterocycles. The first-order chi connectivity index (χ1) is 7.04. The zero-order valence-electron chi connectivity index (χ0n) is 9.66. The van der Waals surface area contributed by atoms with Crippen molar-refractivity contribution in [3.8, 4) is 0 Å². The van der Waals surface area contributed by atoms with E-state index >= 15 is 0 Å². The molecule has 0 aromatic carbocycles. The molecule has 0 aliphatic heterocycles. The van der Waals surface area contributed by atoms with Gasteiger partial charge in [-0.1, -0.05) is 0 Å². The van der Waals surface area contributed by atoms with Crippen LogP contribution < -0.4 is 0 Å². The van der Waals surface area contributed by atoms with Crippen molar-refractivity contribution in [2.24, 2.45) is 0 Å². The number of hydrogen-bond donors (Lipinski definition) is 0. The molecule has 15 heavy (non-hydrogen) atoms. The van der Waals surface area contributed by atoms with Gasteiger partial charge < -0.3 is 4.74 Å². The molecule has 1 aliphatic rings. The summed E-state index contributed by atoms with van der Waals surface area (Å²) in [6, 6.07) is 0. The van der Waals surface area contributed by atoms with Crippen LogP contribution in [-0.4, -0.2) is 15.6 Å². The van der Waals surface area contributed by atoms with E-state index in [0.717, 1.165) is 11.4 Å². The third kappa shape index (κ3) is 3.27. The van der Waals surface area contributed by atoms with Gasteiger partial charge >= 0.3 is 0 Å². The molecule has 0 bridgehead atoms. The fraction of sp³-hybridized carbons (Fsp3) is 0.667. The molecule has 1 aromatic heterocycles. The molecule has 0 amide bonds. The lowest BCUT2D eigenvalue weighted by Crippen LogP contribution is -2.18. The summed E-state index contributed by atoms with van der Waals surface area (Å²) in [5.74, 6) is 1.62. The lowest BCUT2D eigenvalue weighted by molar-refractivity contribution is -0.0152. The van der Waals surface area contributed by atoms with Crippen molar-refractivity contribution in [1.82, 2.24) is 9.97 Å². The highest BCUT2D eigenvalue weighted by Gasteiger charge is 2.26. The Bertz CT molecular complexity index is 322. The first kappa shape index (κ1) is 10.6. The predicted octanol–water partition coefficient (Wildman–Crippen LogP) is 2.67. The van der Waals surface area contributed by atoms with Crippen LogP contribution in [0.5, 0.6) is 0 Å². The Morgan fingerprint density at radius 3 is 2.33 bits per heavy atom.